The topological polar surface area (TPSA) is 50.1 Å². The van der Waals surface area contributed by atoms with Crippen molar-refractivity contribution in [3.63, 3.8) is 0 Å². The van der Waals surface area contributed by atoms with E-state index in [-0.39, 0.29) is 5.97 Å². The lowest BCUT2D eigenvalue weighted by atomic mass is 9.98. The minimum Gasteiger partial charge on any atom is -0.423 e. The van der Waals surface area contributed by atoms with E-state index >= 15 is 0 Å². The van der Waals surface area contributed by atoms with Gasteiger partial charge in [-0.05, 0) is 54.3 Å². The Morgan fingerprint density at radius 2 is 1.77 bits per heavy atom. The number of nitrogens with zero attached hydrogens (tertiary/aromatic N) is 1. The van der Waals surface area contributed by atoms with Crippen molar-refractivity contribution in [3.8, 4) is 11.8 Å². The Labute approximate surface area is 131 Å². The average Bonchev–Trinajstić information content (AvgIpc) is 2.56. The average molecular weight is 293 g/mol. The van der Waals surface area contributed by atoms with Crippen molar-refractivity contribution >= 4 is 5.97 Å². The van der Waals surface area contributed by atoms with Crippen LogP contribution in [0.25, 0.3) is 0 Å². The monoisotopic (exact) mass is 293 g/mol. The number of benzene rings is 2. The maximum absolute atomic E-state index is 12.1. The van der Waals surface area contributed by atoms with Gasteiger partial charge in [-0.2, -0.15) is 5.26 Å². The molecule has 1 unspecified atom stereocenters. The molecule has 0 bridgehead atoms. The molecule has 2 aromatic carbocycles. The number of rotatable bonds is 5. The predicted octanol–water partition coefficient (Wildman–Crippen LogP) is 4.37. The van der Waals surface area contributed by atoms with Gasteiger partial charge in [-0.15, -0.1) is 0 Å². The molecule has 2 rings (SSSR count). The van der Waals surface area contributed by atoms with E-state index in [4.69, 9.17) is 10.00 Å². The van der Waals surface area contributed by atoms with E-state index < -0.39 is 0 Å². The Morgan fingerprint density at radius 1 is 1.14 bits per heavy atom. The Bertz CT molecular complexity index is 666. The third-order valence-electron chi connectivity index (χ3n) is 3.66. The molecule has 0 aromatic heterocycles. The molecular formula is C19H19NO2. The highest BCUT2D eigenvalue weighted by molar-refractivity contribution is 5.91. The van der Waals surface area contributed by atoms with E-state index in [0.717, 1.165) is 12.8 Å². The van der Waals surface area contributed by atoms with Crippen LogP contribution in [0.3, 0.4) is 0 Å². The molecule has 0 aliphatic carbocycles. The van der Waals surface area contributed by atoms with Gasteiger partial charge in [0.1, 0.15) is 5.75 Å². The summed E-state index contributed by atoms with van der Waals surface area (Å²) in [6.07, 6.45) is 2.16. The largest absolute Gasteiger partial charge is 0.423 e. The molecule has 0 fully saturated rings. The highest BCUT2D eigenvalue weighted by atomic mass is 16.5. The quantitative estimate of drug-likeness (QED) is 0.607. The molecule has 0 aliphatic heterocycles. The molecule has 0 radical (unpaired) electrons. The molecular weight excluding hydrogens is 274 g/mol. The highest BCUT2D eigenvalue weighted by Crippen LogP contribution is 2.16. The van der Waals surface area contributed by atoms with Gasteiger partial charge in [0.15, 0.2) is 0 Å². The smallest absolute Gasteiger partial charge is 0.343 e. The van der Waals surface area contributed by atoms with Gasteiger partial charge in [-0.25, -0.2) is 4.79 Å². The molecule has 0 saturated heterocycles. The molecule has 0 saturated carbocycles. The predicted molar refractivity (Wildman–Crippen MR) is 85.7 cm³/mol. The Hall–Kier alpha value is -2.60. The molecule has 3 nitrogen and oxygen atoms in total. The van der Waals surface area contributed by atoms with Gasteiger partial charge in [-0.1, -0.05) is 32.4 Å². The maximum atomic E-state index is 12.1. The third kappa shape index (κ3) is 4.20. The number of nitriles is 1. The van der Waals surface area contributed by atoms with E-state index in [1.54, 1.807) is 36.4 Å². The first-order valence-electron chi connectivity index (χ1n) is 7.43. The van der Waals surface area contributed by atoms with Crippen LogP contribution in [-0.2, 0) is 6.42 Å². The summed E-state index contributed by atoms with van der Waals surface area (Å²) >= 11 is 0. The second kappa shape index (κ2) is 7.42. The number of hydrogen-bond acceptors (Lipinski definition) is 3. The van der Waals surface area contributed by atoms with Crippen molar-refractivity contribution in [1.82, 2.24) is 0 Å². The van der Waals surface area contributed by atoms with Gasteiger partial charge in [0.25, 0.3) is 0 Å². The second-order valence-electron chi connectivity index (χ2n) is 5.44. The van der Waals surface area contributed by atoms with E-state index in [1.807, 2.05) is 18.2 Å². The number of carbonyl (C=O) groups is 1. The van der Waals surface area contributed by atoms with Crippen LogP contribution in [0.5, 0.6) is 5.75 Å². The van der Waals surface area contributed by atoms with Crippen LogP contribution in [0.15, 0.2) is 48.5 Å². The van der Waals surface area contributed by atoms with Crippen LogP contribution >= 0.6 is 0 Å². The lowest BCUT2D eigenvalue weighted by molar-refractivity contribution is 0.0735. The van der Waals surface area contributed by atoms with E-state index in [1.165, 1.54) is 5.56 Å². The molecule has 112 valence electrons. The zero-order valence-electron chi connectivity index (χ0n) is 12.9. The number of ether oxygens (including phenoxy) is 1. The van der Waals surface area contributed by atoms with Crippen LogP contribution in [-0.4, -0.2) is 5.97 Å². The molecule has 0 aliphatic rings. The minimum absolute atomic E-state index is 0.389. The highest BCUT2D eigenvalue weighted by Gasteiger charge is 2.09. The van der Waals surface area contributed by atoms with Gasteiger partial charge >= 0.3 is 5.97 Å². The molecule has 3 heteroatoms. The first kappa shape index (κ1) is 15.8. The number of esters is 1. The third-order valence-corrected chi connectivity index (χ3v) is 3.66. The summed E-state index contributed by atoms with van der Waals surface area (Å²) in [7, 11) is 0. The fourth-order valence-corrected chi connectivity index (χ4v) is 2.09. The van der Waals surface area contributed by atoms with E-state index in [9.17, 15) is 4.79 Å². The fourth-order valence-electron chi connectivity index (χ4n) is 2.09. The Morgan fingerprint density at radius 3 is 2.32 bits per heavy atom. The fraction of sp³-hybridized carbons (Fsp3) is 0.263. The van der Waals surface area contributed by atoms with Crippen LogP contribution in [0.1, 0.15) is 41.8 Å². The first-order valence-corrected chi connectivity index (χ1v) is 7.43. The van der Waals surface area contributed by atoms with Gasteiger partial charge in [0.05, 0.1) is 17.2 Å². The van der Waals surface area contributed by atoms with Crippen LogP contribution in [0.4, 0.5) is 0 Å². The lowest BCUT2D eigenvalue weighted by Crippen LogP contribution is -2.08. The molecule has 1 atom stereocenters. The van der Waals surface area contributed by atoms with Crippen molar-refractivity contribution < 1.29 is 9.53 Å². The van der Waals surface area contributed by atoms with Gasteiger partial charge in [-0.3, -0.25) is 0 Å². The van der Waals surface area contributed by atoms with Crippen molar-refractivity contribution in [1.29, 1.82) is 5.26 Å². The molecule has 22 heavy (non-hydrogen) atoms. The molecule has 0 amide bonds. The summed E-state index contributed by atoms with van der Waals surface area (Å²) in [6.45, 7) is 4.39. The van der Waals surface area contributed by atoms with Crippen LogP contribution in [0, 0.1) is 17.2 Å². The summed E-state index contributed by atoms with van der Waals surface area (Å²) in [5, 5.41) is 8.74. The Balaban J connectivity index is 2.01. The SMILES string of the molecule is CCC(C)Cc1ccc(C(=O)Oc2ccc(C#N)cc2)cc1. The van der Waals surface area contributed by atoms with Crippen molar-refractivity contribution in [2.24, 2.45) is 5.92 Å². The number of carbonyl (C=O) groups excluding carboxylic acids is 1. The normalized spacial score (nSPS) is 11.5. The molecule has 0 N–H and O–H groups in total. The number of hydrogen-bond donors (Lipinski definition) is 0. The summed E-state index contributed by atoms with van der Waals surface area (Å²) < 4.78 is 5.29. The molecule has 0 heterocycles. The zero-order valence-corrected chi connectivity index (χ0v) is 12.9. The van der Waals surface area contributed by atoms with Crippen molar-refractivity contribution in [2.45, 2.75) is 26.7 Å². The zero-order chi connectivity index (χ0) is 15.9. The Kier molecular flexibility index (Phi) is 5.32. The minimum atomic E-state index is -0.389. The summed E-state index contributed by atoms with van der Waals surface area (Å²) in [5.74, 6) is 0.684. The summed E-state index contributed by atoms with van der Waals surface area (Å²) in [6, 6.07) is 16.0. The standard InChI is InChI=1S/C19H19NO2/c1-3-14(2)12-15-4-8-17(9-5-15)19(21)22-18-10-6-16(13-20)7-11-18/h4-11,14H,3,12H2,1-2H3. The first-order chi connectivity index (χ1) is 10.6. The van der Waals surface area contributed by atoms with Crippen molar-refractivity contribution in [2.75, 3.05) is 0 Å². The van der Waals surface area contributed by atoms with Crippen molar-refractivity contribution in [3.05, 3.63) is 65.2 Å². The molecule has 2 aromatic rings. The van der Waals surface area contributed by atoms with E-state index in [2.05, 4.69) is 13.8 Å². The van der Waals surface area contributed by atoms with Gasteiger partial charge < -0.3 is 4.74 Å². The summed E-state index contributed by atoms with van der Waals surface area (Å²) in [5.41, 5.74) is 2.29. The lowest BCUT2D eigenvalue weighted by Gasteiger charge is -2.09. The van der Waals surface area contributed by atoms with Gasteiger partial charge in [0, 0.05) is 0 Å². The van der Waals surface area contributed by atoms with Crippen LogP contribution in [0.2, 0.25) is 0 Å². The molecule has 0 spiro atoms. The second-order valence-corrected chi connectivity index (χ2v) is 5.44. The van der Waals surface area contributed by atoms with E-state index in [0.29, 0.717) is 22.8 Å². The summed E-state index contributed by atoms with van der Waals surface area (Å²) in [4.78, 5) is 12.1. The van der Waals surface area contributed by atoms with Crippen LogP contribution < -0.4 is 4.74 Å². The maximum Gasteiger partial charge on any atom is 0.343 e. The van der Waals surface area contributed by atoms with Gasteiger partial charge in [0.2, 0.25) is 0 Å².